The van der Waals surface area contributed by atoms with Crippen LogP contribution < -0.4 is 11.1 Å². The van der Waals surface area contributed by atoms with E-state index in [1.165, 1.54) is 0 Å². The lowest BCUT2D eigenvalue weighted by atomic mass is 9.99. The molecule has 88 valence electrons. The summed E-state index contributed by atoms with van der Waals surface area (Å²) in [4.78, 5) is 8.80. The zero-order chi connectivity index (χ0) is 11.8. The molecule has 2 aromatic rings. The van der Waals surface area contributed by atoms with Gasteiger partial charge in [0.1, 0.15) is 0 Å². The van der Waals surface area contributed by atoms with Crippen molar-refractivity contribution in [1.29, 1.82) is 0 Å². The van der Waals surface area contributed by atoms with Gasteiger partial charge in [-0.15, -0.1) is 0 Å². The van der Waals surface area contributed by atoms with Crippen molar-refractivity contribution in [3.05, 3.63) is 29.5 Å². The minimum Gasteiger partial charge on any atom is -0.368 e. The molecule has 4 nitrogen and oxygen atoms in total. The number of aromatic nitrogens is 2. The molecule has 3 N–H and O–H groups in total. The van der Waals surface area contributed by atoms with Gasteiger partial charge in [-0.05, 0) is 25.5 Å². The molecule has 1 aliphatic rings. The van der Waals surface area contributed by atoms with Gasteiger partial charge in [0.15, 0.2) is 0 Å². The van der Waals surface area contributed by atoms with E-state index in [-0.39, 0.29) is 0 Å². The normalized spacial score (nSPS) is 19.9. The molecule has 0 radical (unpaired) electrons. The summed E-state index contributed by atoms with van der Waals surface area (Å²) in [7, 11) is 0. The Morgan fingerprint density at radius 2 is 2.24 bits per heavy atom. The number of hydrogen-bond acceptors (Lipinski definition) is 4. The number of aryl methyl sites for hydroxylation is 1. The highest BCUT2D eigenvalue weighted by atomic mass is 15.0. The molecular weight excluding hydrogens is 212 g/mol. The third-order valence-corrected chi connectivity index (χ3v) is 3.42. The highest BCUT2D eigenvalue weighted by molar-refractivity contribution is 5.85. The predicted octanol–water partition coefficient (Wildman–Crippen LogP) is 1.60. The Kier molecular flexibility index (Phi) is 2.44. The van der Waals surface area contributed by atoms with Gasteiger partial charge in [0.2, 0.25) is 5.95 Å². The topological polar surface area (TPSA) is 63.8 Å². The molecule has 0 amide bonds. The average Bonchev–Trinajstić information content (AvgIpc) is 2.83. The first-order chi connectivity index (χ1) is 8.25. The van der Waals surface area contributed by atoms with E-state index in [9.17, 15) is 0 Å². The molecule has 3 rings (SSSR count). The number of hydrogen-bond donors (Lipinski definition) is 2. The third kappa shape index (κ3) is 1.74. The van der Waals surface area contributed by atoms with E-state index in [1.807, 2.05) is 0 Å². The van der Waals surface area contributed by atoms with Crippen LogP contribution in [0.25, 0.3) is 10.9 Å². The second kappa shape index (κ2) is 3.96. The van der Waals surface area contributed by atoms with Crippen LogP contribution in [-0.2, 0) is 0 Å². The summed E-state index contributed by atoms with van der Waals surface area (Å²) in [6.45, 7) is 4.10. The maximum absolute atomic E-state index is 5.82. The molecule has 1 aliphatic heterocycles. The van der Waals surface area contributed by atoms with Crippen LogP contribution in [0, 0.1) is 6.92 Å². The highest BCUT2D eigenvalue weighted by Gasteiger charge is 2.21. The zero-order valence-electron chi connectivity index (χ0n) is 9.90. The summed E-state index contributed by atoms with van der Waals surface area (Å²) in [6, 6.07) is 6.21. The first-order valence-corrected chi connectivity index (χ1v) is 5.99. The van der Waals surface area contributed by atoms with E-state index in [0.717, 1.165) is 41.7 Å². The molecule has 1 atom stereocenters. The standard InChI is InChI=1S/C13H16N4/c1-8-3-2-4-10-11(8)16-13(14)17-12(10)9-5-6-15-7-9/h2-4,9,15H,5-7H2,1H3,(H2,14,16,17). The maximum Gasteiger partial charge on any atom is 0.220 e. The number of fused-ring (bicyclic) bond motifs is 1. The van der Waals surface area contributed by atoms with Crippen molar-refractivity contribution in [3.8, 4) is 0 Å². The van der Waals surface area contributed by atoms with Crippen molar-refractivity contribution in [3.63, 3.8) is 0 Å². The number of anilines is 1. The van der Waals surface area contributed by atoms with Gasteiger partial charge in [-0.2, -0.15) is 0 Å². The quantitative estimate of drug-likeness (QED) is 0.778. The largest absolute Gasteiger partial charge is 0.368 e. The molecule has 1 aromatic heterocycles. The van der Waals surface area contributed by atoms with Gasteiger partial charge in [0.25, 0.3) is 0 Å². The monoisotopic (exact) mass is 228 g/mol. The van der Waals surface area contributed by atoms with Gasteiger partial charge in [0, 0.05) is 17.8 Å². The van der Waals surface area contributed by atoms with Crippen molar-refractivity contribution in [2.24, 2.45) is 0 Å². The van der Waals surface area contributed by atoms with Crippen LogP contribution in [0.1, 0.15) is 23.6 Å². The molecular formula is C13H16N4. The smallest absolute Gasteiger partial charge is 0.220 e. The summed E-state index contributed by atoms with van der Waals surface area (Å²) in [5.74, 6) is 0.846. The lowest BCUT2D eigenvalue weighted by molar-refractivity contribution is 0.742. The van der Waals surface area contributed by atoms with Gasteiger partial charge in [-0.1, -0.05) is 18.2 Å². The van der Waals surface area contributed by atoms with Crippen LogP contribution in [0.5, 0.6) is 0 Å². The zero-order valence-corrected chi connectivity index (χ0v) is 9.90. The van der Waals surface area contributed by atoms with Gasteiger partial charge in [0.05, 0.1) is 11.2 Å². The fourth-order valence-corrected chi connectivity index (χ4v) is 2.54. The minimum absolute atomic E-state index is 0.383. The fraction of sp³-hybridized carbons (Fsp3) is 0.385. The van der Waals surface area contributed by atoms with Crippen LogP contribution in [0.2, 0.25) is 0 Å². The number of benzene rings is 1. The van der Waals surface area contributed by atoms with Gasteiger partial charge in [-0.3, -0.25) is 0 Å². The van der Waals surface area contributed by atoms with Crippen LogP contribution in [-0.4, -0.2) is 23.1 Å². The number of nitrogens with two attached hydrogens (primary N) is 1. The molecule has 0 aliphatic carbocycles. The first-order valence-electron chi connectivity index (χ1n) is 5.99. The van der Waals surface area contributed by atoms with E-state index in [1.54, 1.807) is 0 Å². The minimum atomic E-state index is 0.383. The maximum atomic E-state index is 5.82. The van der Waals surface area contributed by atoms with Gasteiger partial charge in [-0.25, -0.2) is 9.97 Å². The highest BCUT2D eigenvalue weighted by Crippen LogP contribution is 2.28. The summed E-state index contributed by atoms with van der Waals surface area (Å²) >= 11 is 0. The first kappa shape index (κ1) is 10.5. The molecule has 17 heavy (non-hydrogen) atoms. The Bertz CT molecular complexity index is 559. The molecule has 1 unspecified atom stereocenters. The summed E-state index contributed by atoms with van der Waals surface area (Å²) in [6.07, 6.45) is 1.12. The Balaban J connectivity index is 2.25. The molecule has 0 bridgehead atoms. The number of nitrogens with one attached hydrogen (secondary N) is 1. The van der Waals surface area contributed by atoms with Crippen molar-refractivity contribution in [2.45, 2.75) is 19.3 Å². The van der Waals surface area contributed by atoms with E-state index in [2.05, 4.69) is 40.4 Å². The van der Waals surface area contributed by atoms with Crippen molar-refractivity contribution < 1.29 is 0 Å². The average molecular weight is 228 g/mol. The molecule has 1 aromatic carbocycles. The number of para-hydroxylation sites is 1. The molecule has 1 saturated heterocycles. The Morgan fingerprint density at radius 3 is 3.00 bits per heavy atom. The molecule has 1 fully saturated rings. The number of rotatable bonds is 1. The van der Waals surface area contributed by atoms with Gasteiger partial charge >= 0.3 is 0 Å². The molecule has 0 spiro atoms. The Hall–Kier alpha value is -1.68. The summed E-state index contributed by atoms with van der Waals surface area (Å²) in [5.41, 5.74) is 9.06. The molecule has 2 heterocycles. The number of nitrogen functional groups attached to an aromatic ring is 1. The van der Waals surface area contributed by atoms with Crippen LogP contribution >= 0.6 is 0 Å². The Labute approximate surface area is 100 Å². The van der Waals surface area contributed by atoms with Crippen LogP contribution in [0.3, 0.4) is 0 Å². The van der Waals surface area contributed by atoms with E-state index in [4.69, 9.17) is 5.73 Å². The van der Waals surface area contributed by atoms with Gasteiger partial charge < -0.3 is 11.1 Å². The van der Waals surface area contributed by atoms with E-state index >= 15 is 0 Å². The van der Waals surface area contributed by atoms with Crippen molar-refractivity contribution in [2.75, 3.05) is 18.8 Å². The van der Waals surface area contributed by atoms with E-state index in [0.29, 0.717) is 11.9 Å². The lowest BCUT2D eigenvalue weighted by Gasteiger charge is -2.12. The summed E-state index contributed by atoms with van der Waals surface area (Å²) < 4.78 is 0. The van der Waals surface area contributed by atoms with Crippen molar-refractivity contribution >= 4 is 16.9 Å². The van der Waals surface area contributed by atoms with Crippen LogP contribution in [0.15, 0.2) is 18.2 Å². The van der Waals surface area contributed by atoms with E-state index < -0.39 is 0 Å². The lowest BCUT2D eigenvalue weighted by Crippen LogP contribution is -2.11. The molecule has 0 saturated carbocycles. The van der Waals surface area contributed by atoms with Crippen molar-refractivity contribution in [1.82, 2.24) is 15.3 Å². The van der Waals surface area contributed by atoms with Crippen LogP contribution in [0.4, 0.5) is 5.95 Å². The second-order valence-corrected chi connectivity index (χ2v) is 4.63. The SMILES string of the molecule is Cc1cccc2c(C3CCNC3)nc(N)nc12. The number of nitrogens with zero attached hydrogens (tertiary/aromatic N) is 2. The Morgan fingerprint density at radius 1 is 1.35 bits per heavy atom. The second-order valence-electron chi connectivity index (χ2n) is 4.63. The summed E-state index contributed by atoms with van der Waals surface area (Å²) in [5, 5.41) is 4.51. The molecule has 4 heteroatoms. The third-order valence-electron chi connectivity index (χ3n) is 3.42. The predicted molar refractivity (Wildman–Crippen MR) is 68.9 cm³/mol. The fourth-order valence-electron chi connectivity index (χ4n) is 2.54.